The van der Waals surface area contributed by atoms with Gasteiger partial charge in [0, 0.05) is 19.3 Å². The minimum absolute atomic E-state index is 0.0188. The molecule has 6 nitrogen and oxygen atoms in total. The Bertz CT molecular complexity index is 584. The number of hydrogen-bond acceptors (Lipinski definition) is 5. The predicted octanol–water partition coefficient (Wildman–Crippen LogP) is 1.15. The van der Waals surface area contributed by atoms with Gasteiger partial charge in [-0.25, -0.2) is 12.7 Å². The first-order chi connectivity index (χ1) is 9.30. The van der Waals surface area contributed by atoms with Crippen molar-refractivity contribution in [2.75, 3.05) is 25.9 Å². The lowest BCUT2D eigenvalue weighted by Crippen LogP contribution is -2.30. The maximum atomic E-state index is 12.4. The maximum absolute atomic E-state index is 12.4. The summed E-state index contributed by atoms with van der Waals surface area (Å²) in [6.45, 7) is 3.70. The van der Waals surface area contributed by atoms with Gasteiger partial charge < -0.3 is 10.5 Å². The summed E-state index contributed by atoms with van der Waals surface area (Å²) in [6.07, 6.45) is 0.0188. The standard InChI is InChI=1S/C13H20N2O4S/c1-4-19-13(16)8-9-15(3)20(17,18)12-7-5-6-11(14)10(12)2/h5-7H,4,8-9,14H2,1-3H3. The topological polar surface area (TPSA) is 89.7 Å². The molecule has 0 aromatic heterocycles. The molecule has 0 unspecified atom stereocenters. The Kier molecular flexibility index (Phi) is 5.52. The zero-order valence-corrected chi connectivity index (χ0v) is 12.7. The maximum Gasteiger partial charge on any atom is 0.307 e. The summed E-state index contributed by atoms with van der Waals surface area (Å²) in [5.74, 6) is -0.418. The summed E-state index contributed by atoms with van der Waals surface area (Å²) in [6, 6.07) is 4.74. The average molecular weight is 300 g/mol. The number of rotatable bonds is 6. The van der Waals surface area contributed by atoms with Crippen molar-refractivity contribution in [3.63, 3.8) is 0 Å². The number of nitrogens with two attached hydrogens (primary N) is 1. The Balaban J connectivity index is 2.88. The lowest BCUT2D eigenvalue weighted by Gasteiger charge is -2.18. The van der Waals surface area contributed by atoms with E-state index in [0.717, 1.165) is 4.31 Å². The third kappa shape index (κ3) is 3.71. The molecule has 0 radical (unpaired) electrons. The van der Waals surface area contributed by atoms with Crippen LogP contribution in [-0.2, 0) is 19.6 Å². The van der Waals surface area contributed by atoms with E-state index in [-0.39, 0.29) is 24.5 Å². The molecule has 1 aromatic rings. The summed E-state index contributed by atoms with van der Waals surface area (Å²) in [4.78, 5) is 11.4. The van der Waals surface area contributed by atoms with Crippen LogP contribution in [0.5, 0.6) is 0 Å². The summed E-state index contributed by atoms with van der Waals surface area (Å²) in [5.41, 5.74) is 6.65. The molecule has 0 aliphatic rings. The SMILES string of the molecule is CCOC(=O)CCN(C)S(=O)(=O)c1cccc(N)c1C. The molecule has 0 amide bonds. The Labute approximate surface area is 119 Å². The van der Waals surface area contributed by atoms with Crippen LogP contribution >= 0.6 is 0 Å². The molecule has 0 fully saturated rings. The average Bonchev–Trinajstić information content (AvgIpc) is 2.39. The summed E-state index contributed by atoms with van der Waals surface area (Å²) >= 11 is 0. The van der Waals surface area contributed by atoms with Crippen molar-refractivity contribution in [3.05, 3.63) is 23.8 Å². The van der Waals surface area contributed by atoms with Crippen LogP contribution in [0.4, 0.5) is 5.69 Å². The number of carbonyl (C=O) groups is 1. The lowest BCUT2D eigenvalue weighted by atomic mass is 10.2. The van der Waals surface area contributed by atoms with E-state index >= 15 is 0 Å². The van der Waals surface area contributed by atoms with Crippen molar-refractivity contribution < 1.29 is 17.9 Å². The van der Waals surface area contributed by atoms with E-state index in [4.69, 9.17) is 10.5 Å². The highest BCUT2D eigenvalue weighted by Gasteiger charge is 2.23. The number of nitrogens with zero attached hydrogens (tertiary/aromatic N) is 1. The van der Waals surface area contributed by atoms with Gasteiger partial charge in [-0.05, 0) is 31.5 Å². The van der Waals surface area contributed by atoms with Crippen LogP contribution in [0.1, 0.15) is 18.9 Å². The van der Waals surface area contributed by atoms with Crippen LogP contribution in [0.2, 0.25) is 0 Å². The number of nitrogen functional groups attached to an aromatic ring is 1. The largest absolute Gasteiger partial charge is 0.466 e. The fourth-order valence-corrected chi connectivity index (χ4v) is 3.10. The number of benzene rings is 1. The van der Waals surface area contributed by atoms with Crippen molar-refractivity contribution in [2.45, 2.75) is 25.2 Å². The molecule has 20 heavy (non-hydrogen) atoms. The number of anilines is 1. The van der Waals surface area contributed by atoms with Crippen LogP contribution < -0.4 is 5.73 Å². The molecule has 7 heteroatoms. The van der Waals surface area contributed by atoms with Gasteiger partial charge in [0.1, 0.15) is 0 Å². The first kappa shape index (κ1) is 16.5. The Hall–Kier alpha value is -1.60. The van der Waals surface area contributed by atoms with Crippen molar-refractivity contribution in [2.24, 2.45) is 0 Å². The number of carbonyl (C=O) groups excluding carboxylic acids is 1. The molecular formula is C13H20N2O4S. The highest BCUT2D eigenvalue weighted by molar-refractivity contribution is 7.89. The highest BCUT2D eigenvalue weighted by atomic mass is 32.2. The zero-order valence-electron chi connectivity index (χ0n) is 11.9. The van der Waals surface area contributed by atoms with Gasteiger partial charge in [0.25, 0.3) is 0 Å². The van der Waals surface area contributed by atoms with Crippen molar-refractivity contribution >= 4 is 21.7 Å². The van der Waals surface area contributed by atoms with Crippen LogP contribution in [-0.4, -0.2) is 38.9 Å². The van der Waals surface area contributed by atoms with Crippen LogP contribution in [0.3, 0.4) is 0 Å². The van der Waals surface area contributed by atoms with Gasteiger partial charge in [-0.2, -0.15) is 0 Å². The molecule has 112 valence electrons. The summed E-state index contributed by atoms with van der Waals surface area (Å²) < 4.78 is 30.7. The lowest BCUT2D eigenvalue weighted by molar-refractivity contribution is -0.143. The molecule has 0 bridgehead atoms. The van der Waals surface area contributed by atoms with Gasteiger partial charge in [-0.15, -0.1) is 0 Å². The molecule has 0 spiro atoms. The van der Waals surface area contributed by atoms with E-state index in [0.29, 0.717) is 11.3 Å². The normalized spacial score (nSPS) is 11.6. The minimum atomic E-state index is -3.66. The molecule has 0 atom stereocenters. The molecule has 0 saturated heterocycles. The third-order valence-electron chi connectivity index (χ3n) is 2.95. The van der Waals surface area contributed by atoms with Gasteiger partial charge >= 0.3 is 5.97 Å². The van der Waals surface area contributed by atoms with Crippen molar-refractivity contribution in [1.82, 2.24) is 4.31 Å². The monoisotopic (exact) mass is 300 g/mol. The van der Waals surface area contributed by atoms with E-state index in [2.05, 4.69) is 0 Å². The second-order valence-corrected chi connectivity index (χ2v) is 6.37. The fraction of sp³-hybridized carbons (Fsp3) is 0.462. The third-order valence-corrected chi connectivity index (χ3v) is 4.95. The fourth-order valence-electron chi connectivity index (χ4n) is 1.68. The second kappa shape index (κ2) is 6.71. The number of sulfonamides is 1. The smallest absolute Gasteiger partial charge is 0.307 e. The molecular weight excluding hydrogens is 280 g/mol. The molecule has 1 rings (SSSR count). The molecule has 2 N–H and O–H groups in total. The molecule has 0 aliphatic heterocycles. The van der Waals surface area contributed by atoms with Gasteiger partial charge in [0.2, 0.25) is 10.0 Å². The number of hydrogen-bond donors (Lipinski definition) is 1. The quantitative estimate of drug-likeness (QED) is 0.629. The van der Waals surface area contributed by atoms with E-state index in [9.17, 15) is 13.2 Å². The van der Waals surface area contributed by atoms with Crippen LogP contribution in [0.25, 0.3) is 0 Å². The number of ether oxygens (including phenoxy) is 1. The van der Waals surface area contributed by atoms with Gasteiger partial charge in [-0.1, -0.05) is 6.07 Å². The van der Waals surface area contributed by atoms with E-state index in [1.807, 2.05) is 0 Å². The molecule has 0 aliphatic carbocycles. The first-order valence-corrected chi connectivity index (χ1v) is 7.71. The van der Waals surface area contributed by atoms with Crippen molar-refractivity contribution in [3.8, 4) is 0 Å². The summed E-state index contributed by atoms with van der Waals surface area (Å²) in [5, 5.41) is 0. The Morgan fingerprint density at radius 1 is 1.40 bits per heavy atom. The minimum Gasteiger partial charge on any atom is -0.466 e. The first-order valence-electron chi connectivity index (χ1n) is 6.27. The van der Waals surface area contributed by atoms with Crippen LogP contribution in [0, 0.1) is 6.92 Å². The zero-order chi connectivity index (χ0) is 15.3. The van der Waals surface area contributed by atoms with Crippen molar-refractivity contribution in [1.29, 1.82) is 0 Å². The molecule has 0 saturated carbocycles. The van der Waals surface area contributed by atoms with Gasteiger partial charge in [0.05, 0.1) is 17.9 Å². The molecule has 1 aromatic carbocycles. The van der Waals surface area contributed by atoms with Crippen LogP contribution in [0.15, 0.2) is 23.1 Å². The van der Waals surface area contributed by atoms with E-state index in [1.54, 1.807) is 26.0 Å². The second-order valence-electron chi connectivity index (χ2n) is 4.35. The number of esters is 1. The Morgan fingerprint density at radius 2 is 2.05 bits per heavy atom. The summed E-state index contributed by atoms with van der Waals surface area (Å²) in [7, 11) is -2.23. The Morgan fingerprint density at radius 3 is 2.65 bits per heavy atom. The van der Waals surface area contributed by atoms with Gasteiger partial charge in [-0.3, -0.25) is 4.79 Å². The van der Waals surface area contributed by atoms with Gasteiger partial charge in [0.15, 0.2) is 0 Å². The van der Waals surface area contributed by atoms with E-state index < -0.39 is 16.0 Å². The van der Waals surface area contributed by atoms with E-state index in [1.165, 1.54) is 13.1 Å². The predicted molar refractivity (Wildman–Crippen MR) is 76.7 cm³/mol. The molecule has 0 heterocycles. The highest BCUT2D eigenvalue weighted by Crippen LogP contribution is 2.23.